The van der Waals surface area contributed by atoms with Crippen molar-refractivity contribution in [3.8, 4) is 0 Å². The molecule has 1 aliphatic heterocycles. The van der Waals surface area contributed by atoms with Crippen molar-refractivity contribution in [3.63, 3.8) is 0 Å². The number of carbonyl (C=O) groups excluding carboxylic acids is 3. The van der Waals surface area contributed by atoms with Crippen LogP contribution in [0.5, 0.6) is 0 Å². The first kappa shape index (κ1) is 32.0. The van der Waals surface area contributed by atoms with E-state index in [1.165, 1.54) is 0 Å². The number of carboxylic acid groups (broad SMARTS) is 2. The molecule has 0 aromatic carbocycles. The molecule has 0 aromatic heterocycles. The molecule has 2 N–H and O–H groups in total. The van der Waals surface area contributed by atoms with E-state index < -0.39 is 11.6 Å². The summed E-state index contributed by atoms with van der Waals surface area (Å²) in [6.07, 6.45) is -0.0379. The van der Waals surface area contributed by atoms with Crippen molar-refractivity contribution in [2.75, 3.05) is 0 Å². The Bertz CT molecular complexity index is 400. The standard InChI is InChI=1S/C11H18N2O2S.CH2O3.3Na/c1-4-6-7(3)11(5-2)8(14)12-10(16)13-9(11)15;2-1(3)4;;;/h7H,4-6H2,1-3H3,(H2,12,13,14,15,16);(H2,2,3,4);;;/q;;;2*+1/p-2. The Kier molecular flexibility index (Phi) is 21.6. The van der Waals surface area contributed by atoms with E-state index >= 15 is 0 Å². The van der Waals surface area contributed by atoms with Gasteiger partial charge in [0.1, 0.15) is 5.41 Å². The van der Waals surface area contributed by atoms with Crippen LogP contribution >= 0.6 is 12.2 Å². The molecular formula is C12H18N2Na3O5S. The van der Waals surface area contributed by atoms with Crippen LogP contribution in [0.1, 0.15) is 40.0 Å². The van der Waals surface area contributed by atoms with Gasteiger partial charge < -0.3 is 25.6 Å². The summed E-state index contributed by atoms with van der Waals surface area (Å²) in [6.45, 7) is 5.85. The summed E-state index contributed by atoms with van der Waals surface area (Å²) in [5.74, 6) is -0.500. The molecule has 2 amide bonds. The minimum Gasteiger partial charge on any atom is -0.652 e. The van der Waals surface area contributed by atoms with Crippen molar-refractivity contribution in [2.45, 2.75) is 40.0 Å². The molecule has 1 aliphatic rings. The Labute approximate surface area is 208 Å². The Morgan fingerprint density at radius 1 is 1.17 bits per heavy atom. The minimum absolute atomic E-state index is 0. The molecule has 1 saturated heterocycles. The van der Waals surface area contributed by atoms with Crippen LogP contribution in [0, 0.1) is 11.3 Å². The molecular weight excluding hydrogens is 353 g/mol. The first-order valence-corrected chi connectivity index (χ1v) is 6.68. The average Bonchev–Trinajstić information content (AvgIpc) is 2.28. The zero-order chi connectivity index (χ0) is 15.9. The van der Waals surface area contributed by atoms with Crippen LogP contribution in [0.15, 0.2) is 0 Å². The SMILES string of the molecule is CCCC(C)C1(CC)C(=O)NC(=S)NC1=O.O=C([O-])[O-].[Na+].[Na+].[Na]. The van der Waals surface area contributed by atoms with E-state index in [0.29, 0.717) is 6.42 Å². The normalized spacial score (nSPS) is 15.9. The van der Waals surface area contributed by atoms with Crippen LogP contribution in [0.2, 0.25) is 0 Å². The largest absolute Gasteiger partial charge is 1.00 e. The molecule has 0 aromatic rings. The number of amides is 2. The number of rotatable bonds is 4. The fourth-order valence-electron chi connectivity index (χ4n) is 2.36. The van der Waals surface area contributed by atoms with Gasteiger partial charge in [0.15, 0.2) is 5.11 Å². The Balaban J connectivity index is -0.000000232. The number of carbonyl (C=O) groups is 3. The predicted molar refractivity (Wildman–Crippen MR) is 76.8 cm³/mol. The molecule has 1 rings (SSSR count). The predicted octanol–water partition coefficient (Wildman–Crippen LogP) is -7.47. The minimum atomic E-state index is -2.33. The van der Waals surface area contributed by atoms with E-state index in [1.54, 1.807) is 0 Å². The third-order valence-electron chi connectivity index (χ3n) is 3.39. The number of nitrogens with one attached hydrogen (secondary N) is 2. The Morgan fingerprint density at radius 2 is 1.52 bits per heavy atom. The van der Waals surface area contributed by atoms with Gasteiger partial charge in [-0.05, 0) is 37.1 Å². The summed E-state index contributed by atoms with van der Waals surface area (Å²) in [6, 6.07) is 0. The Morgan fingerprint density at radius 3 is 1.78 bits per heavy atom. The number of hydrogen-bond donors (Lipinski definition) is 2. The maximum atomic E-state index is 12.0. The van der Waals surface area contributed by atoms with Crippen molar-refractivity contribution in [1.29, 1.82) is 0 Å². The van der Waals surface area contributed by atoms with Crippen LogP contribution in [-0.4, -0.2) is 52.6 Å². The molecule has 11 heteroatoms. The third-order valence-corrected chi connectivity index (χ3v) is 3.59. The average molecular weight is 371 g/mol. The molecule has 7 nitrogen and oxygen atoms in total. The molecule has 23 heavy (non-hydrogen) atoms. The zero-order valence-electron chi connectivity index (χ0n) is 14.6. The van der Waals surface area contributed by atoms with Gasteiger partial charge in [-0.25, -0.2) is 0 Å². The van der Waals surface area contributed by atoms with Crippen LogP contribution in [0.3, 0.4) is 0 Å². The van der Waals surface area contributed by atoms with Crippen molar-refractivity contribution >= 4 is 64.9 Å². The summed E-state index contributed by atoms with van der Waals surface area (Å²) in [5.41, 5.74) is -0.960. The molecule has 0 spiro atoms. The van der Waals surface area contributed by atoms with Gasteiger partial charge in [0.2, 0.25) is 11.8 Å². The summed E-state index contributed by atoms with van der Waals surface area (Å²) < 4.78 is 0. The number of hydrogen-bond acceptors (Lipinski definition) is 6. The van der Waals surface area contributed by atoms with Gasteiger partial charge in [-0.15, -0.1) is 0 Å². The van der Waals surface area contributed by atoms with E-state index in [9.17, 15) is 9.59 Å². The van der Waals surface area contributed by atoms with E-state index in [2.05, 4.69) is 10.6 Å². The topological polar surface area (TPSA) is 121 Å². The molecule has 0 bridgehead atoms. The number of thiocarbonyl (C=S) groups is 1. The molecule has 1 heterocycles. The van der Waals surface area contributed by atoms with Crippen molar-refractivity contribution in [2.24, 2.45) is 11.3 Å². The zero-order valence-corrected chi connectivity index (χ0v) is 21.5. The van der Waals surface area contributed by atoms with Crippen LogP contribution in [0.4, 0.5) is 4.79 Å². The second kappa shape index (κ2) is 15.5. The van der Waals surface area contributed by atoms with E-state index in [-0.39, 0.29) is 112 Å². The molecule has 1 unspecified atom stereocenters. The van der Waals surface area contributed by atoms with Crippen molar-refractivity contribution < 1.29 is 83.7 Å². The molecule has 1 atom stereocenters. The summed E-state index contributed by atoms with van der Waals surface area (Å²) in [4.78, 5) is 32.4. The molecule has 1 fully saturated rings. The van der Waals surface area contributed by atoms with Gasteiger partial charge >= 0.3 is 59.1 Å². The van der Waals surface area contributed by atoms with Crippen molar-refractivity contribution in [3.05, 3.63) is 0 Å². The van der Waals surface area contributed by atoms with Crippen LogP contribution in [-0.2, 0) is 9.59 Å². The Hall–Kier alpha value is 1.30. The van der Waals surface area contributed by atoms with Crippen molar-refractivity contribution in [1.82, 2.24) is 10.6 Å². The van der Waals surface area contributed by atoms with Gasteiger partial charge in [-0.1, -0.05) is 27.2 Å². The monoisotopic (exact) mass is 371 g/mol. The summed E-state index contributed by atoms with van der Waals surface area (Å²) >= 11 is 4.80. The van der Waals surface area contributed by atoms with E-state index in [4.69, 9.17) is 27.2 Å². The third kappa shape index (κ3) is 9.53. The summed E-state index contributed by atoms with van der Waals surface area (Å²) in [5, 5.41) is 21.9. The van der Waals surface area contributed by atoms with Gasteiger partial charge in [-0.3, -0.25) is 9.59 Å². The maximum Gasteiger partial charge on any atom is 1.00 e. The second-order valence-electron chi connectivity index (χ2n) is 4.50. The van der Waals surface area contributed by atoms with E-state index in [0.717, 1.165) is 12.8 Å². The molecule has 1 radical (unpaired) electrons. The smallest absolute Gasteiger partial charge is 0.652 e. The molecule has 0 saturated carbocycles. The molecule has 0 aliphatic carbocycles. The first-order chi connectivity index (χ1) is 9.22. The summed E-state index contributed by atoms with van der Waals surface area (Å²) in [7, 11) is 0. The fourth-order valence-corrected chi connectivity index (χ4v) is 2.55. The second-order valence-corrected chi connectivity index (χ2v) is 4.91. The quantitative estimate of drug-likeness (QED) is 0.288. The van der Waals surface area contributed by atoms with Gasteiger partial charge in [0.25, 0.3) is 0 Å². The van der Waals surface area contributed by atoms with Gasteiger partial charge in [0, 0.05) is 29.6 Å². The van der Waals surface area contributed by atoms with E-state index in [1.807, 2.05) is 20.8 Å². The maximum absolute atomic E-state index is 12.0. The fraction of sp³-hybridized carbons (Fsp3) is 0.667. The van der Waals surface area contributed by atoms with Crippen LogP contribution < -0.4 is 80.0 Å². The van der Waals surface area contributed by atoms with Crippen LogP contribution in [0.25, 0.3) is 0 Å². The first-order valence-electron chi connectivity index (χ1n) is 6.27. The molecule has 115 valence electrons. The van der Waals surface area contributed by atoms with Gasteiger partial charge in [0.05, 0.1) is 0 Å². The van der Waals surface area contributed by atoms with Gasteiger partial charge in [-0.2, -0.15) is 0 Å².